The van der Waals surface area contributed by atoms with Gasteiger partial charge in [0.15, 0.2) is 0 Å². The number of anilines is 1. The molecule has 0 radical (unpaired) electrons. The zero-order valence-corrected chi connectivity index (χ0v) is 14.6. The molecular weight excluding hydrogens is 300 g/mol. The van der Waals surface area contributed by atoms with Gasteiger partial charge >= 0.3 is 0 Å². The highest BCUT2D eigenvalue weighted by Crippen LogP contribution is 2.24. The second kappa shape index (κ2) is 8.75. The summed E-state index contributed by atoms with van der Waals surface area (Å²) in [4.78, 5) is 11.8. The zero-order valence-electron chi connectivity index (χ0n) is 14.6. The average Bonchev–Trinajstić information content (AvgIpc) is 2.54. The Labute approximate surface area is 144 Å². The summed E-state index contributed by atoms with van der Waals surface area (Å²) in [5.41, 5.74) is 7.60. The van der Waals surface area contributed by atoms with Gasteiger partial charge in [-0.2, -0.15) is 0 Å². The number of rotatable bonds is 5. The van der Waals surface area contributed by atoms with Crippen molar-refractivity contribution in [3.8, 4) is 11.8 Å². The molecule has 0 heterocycles. The lowest BCUT2D eigenvalue weighted by atomic mass is 9.92. The number of aliphatic hydroxyl groups is 1. The summed E-state index contributed by atoms with van der Waals surface area (Å²) < 4.78 is 0. The maximum atomic E-state index is 11.8. The molecular formula is C20H28N2O2. The first kappa shape index (κ1) is 18.4. The maximum absolute atomic E-state index is 11.8. The van der Waals surface area contributed by atoms with Crippen LogP contribution in [0.3, 0.4) is 0 Å². The third-order valence-corrected chi connectivity index (χ3v) is 4.42. The fourth-order valence-corrected chi connectivity index (χ4v) is 2.92. The number of hydrogen-bond acceptors (Lipinski definition) is 3. The van der Waals surface area contributed by atoms with E-state index in [4.69, 9.17) is 5.73 Å². The zero-order chi connectivity index (χ0) is 17.5. The summed E-state index contributed by atoms with van der Waals surface area (Å²) in [6, 6.07) is 5.85. The maximum Gasteiger partial charge on any atom is 0.250 e. The van der Waals surface area contributed by atoms with E-state index in [0.717, 1.165) is 49.8 Å². The van der Waals surface area contributed by atoms with Crippen LogP contribution < -0.4 is 11.1 Å². The van der Waals surface area contributed by atoms with E-state index in [1.807, 2.05) is 12.1 Å². The van der Waals surface area contributed by atoms with E-state index < -0.39 is 5.91 Å². The molecule has 1 aromatic rings. The van der Waals surface area contributed by atoms with Crippen molar-refractivity contribution in [1.29, 1.82) is 0 Å². The first-order chi connectivity index (χ1) is 11.5. The Balaban J connectivity index is 2.07. The molecule has 0 aliphatic heterocycles. The number of nitrogens with two attached hydrogens (primary N) is 1. The van der Waals surface area contributed by atoms with Crippen molar-refractivity contribution < 1.29 is 9.90 Å². The summed E-state index contributed by atoms with van der Waals surface area (Å²) in [6.45, 7) is 4.36. The molecule has 0 bridgehead atoms. The van der Waals surface area contributed by atoms with Crippen LogP contribution in [-0.2, 0) is 0 Å². The molecule has 4 heteroatoms. The van der Waals surface area contributed by atoms with Crippen LogP contribution in [0.2, 0.25) is 0 Å². The van der Waals surface area contributed by atoms with Crippen LogP contribution in [0.15, 0.2) is 18.2 Å². The number of carbonyl (C=O) groups excluding carboxylic acids is 1. The fourth-order valence-electron chi connectivity index (χ4n) is 2.92. The first-order valence-electron chi connectivity index (χ1n) is 8.83. The molecule has 0 unspecified atom stereocenters. The lowest BCUT2D eigenvalue weighted by Crippen LogP contribution is -2.29. The standard InChI is InChI=1S/C20H28N2O2/c1-14(2)5-3-4-6-15-7-12-19(18(13-15)20(21)24)22-16-8-10-17(23)11-9-16/h7,12-14,16-17,22-23H,3,5,8-11H2,1-2H3,(H2,21,24)/t16-,17-. The summed E-state index contributed by atoms with van der Waals surface area (Å²) in [5, 5.41) is 13.0. The molecule has 1 fully saturated rings. The van der Waals surface area contributed by atoms with Crippen LogP contribution in [0.4, 0.5) is 5.69 Å². The molecule has 1 aliphatic rings. The van der Waals surface area contributed by atoms with E-state index in [1.54, 1.807) is 6.07 Å². The van der Waals surface area contributed by atoms with Crippen LogP contribution in [0.1, 0.15) is 68.3 Å². The number of benzene rings is 1. The van der Waals surface area contributed by atoms with Crippen LogP contribution in [0.5, 0.6) is 0 Å². The van der Waals surface area contributed by atoms with Crippen molar-refractivity contribution in [2.75, 3.05) is 5.32 Å². The molecule has 2 rings (SSSR count). The lowest BCUT2D eigenvalue weighted by molar-refractivity contribution is 0.100. The summed E-state index contributed by atoms with van der Waals surface area (Å²) in [6.07, 6.45) is 5.12. The molecule has 4 N–H and O–H groups in total. The van der Waals surface area contributed by atoms with E-state index in [-0.39, 0.29) is 12.1 Å². The predicted molar refractivity (Wildman–Crippen MR) is 97.8 cm³/mol. The van der Waals surface area contributed by atoms with E-state index >= 15 is 0 Å². The van der Waals surface area contributed by atoms with Gasteiger partial charge in [0.05, 0.1) is 11.7 Å². The van der Waals surface area contributed by atoms with Gasteiger partial charge in [-0.25, -0.2) is 0 Å². The molecule has 130 valence electrons. The van der Waals surface area contributed by atoms with Gasteiger partial charge in [0.1, 0.15) is 0 Å². The second-order valence-electron chi connectivity index (χ2n) is 7.01. The minimum atomic E-state index is -0.445. The van der Waals surface area contributed by atoms with Crippen molar-refractivity contribution in [3.05, 3.63) is 29.3 Å². The number of carbonyl (C=O) groups is 1. The number of amides is 1. The molecule has 0 atom stereocenters. The lowest BCUT2D eigenvalue weighted by Gasteiger charge is -2.27. The minimum absolute atomic E-state index is 0.192. The highest BCUT2D eigenvalue weighted by molar-refractivity contribution is 5.99. The molecule has 0 spiro atoms. The molecule has 0 saturated heterocycles. The normalized spacial score (nSPS) is 20.3. The molecule has 4 nitrogen and oxygen atoms in total. The van der Waals surface area contributed by atoms with Crippen molar-refractivity contribution in [1.82, 2.24) is 0 Å². The van der Waals surface area contributed by atoms with Gasteiger partial charge in [0, 0.05) is 23.7 Å². The van der Waals surface area contributed by atoms with Crippen LogP contribution in [0, 0.1) is 17.8 Å². The topological polar surface area (TPSA) is 75.3 Å². The second-order valence-corrected chi connectivity index (χ2v) is 7.01. The van der Waals surface area contributed by atoms with E-state index in [9.17, 15) is 9.90 Å². The van der Waals surface area contributed by atoms with Gasteiger partial charge in [-0.15, -0.1) is 0 Å². The third kappa shape index (κ3) is 5.58. The van der Waals surface area contributed by atoms with Crippen molar-refractivity contribution in [3.63, 3.8) is 0 Å². The number of aliphatic hydroxyl groups excluding tert-OH is 1. The Morgan fingerprint density at radius 2 is 2.04 bits per heavy atom. The summed E-state index contributed by atoms with van der Waals surface area (Å²) >= 11 is 0. The number of primary amides is 1. The monoisotopic (exact) mass is 328 g/mol. The highest BCUT2D eigenvalue weighted by atomic mass is 16.3. The largest absolute Gasteiger partial charge is 0.393 e. The molecule has 1 aromatic carbocycles. The summed E-state index contributed by atoms with van der Waals surface area (Å²) in [5.74, 6) is 6.46. The van der Waals surface area contributed by atoms with Gasteiger partial charge in [-0.1, -0.05) is 25.7 Å². The SMILES string of the molecule is CC(C)CCC#Cc1ccc(N[C@H]2CC[C@H](O)CC2)c(C(N)=O)c1. The quantitative estimate of drug-likeness (QED) is 0.726. The summed E-state index contributed by atoms with van der Waals surface area (Å²) in [7, 11) is 0. The molecule has 24 heavy (non-hydrogen) atoms. The first-order valence-corrected chi connectivity index (χ1v) is 8.83. The van der Waals surface area contributed by atoms with Gasteiger partial charge in [-0.3, -0.25) is 4.79 Å². The molecule has 1 amide bonds. The smallest absolute Gasteiger partial charge is 0.250 e. The Morgan fingerprint density at radius 1 is 1.33 bits per heavy atom. The average molecular weight is 328 g/mol. The fraction of sp³-hybridized carbons (Fsp3) is 0.550. The van der Waals surface area contributed by atoms with Gasteiger partial charge in [0.25, 0.3) is 5.91 Å². The minimum Gasteiger partial charge on any atom is -0.393 e. The van der Waals surface area contributed by atoms with Crippen molar-refractivity contribution in [2.24, 2.45) is 11.7 Å². The van der Waals surface area contributed by atoms with E-state index in [1.165, 1.54) is 0 Å². The molecule has 1 aliphatic carbocycles. The van der Waals surface area contributed by atoms with Crippen LogP contribution in [0.25, 0.3) is 0 Å². The van der Waals surface area contributed by atoms with Crippen LogP contribution >= 0.6 is 0 Å². The van der Waals surface area contributed by atoms with E-state index in [2.05, 4.69) is 31.0 Å². The predicted octanol–water partition coefficient (Wildman–Crippen LogP) is 3.29. The van der Waals surface area contributed by atoms with E-state index in [0.29, 0.717) is 11.5 Å². The Kier molecular flexibility index (Phi) is 6.69. The van der Waals surface area contributed by atoms with Gasteiger partial charge in [-0.05, 0) is 56.2 Å². The van der Waals surface area contributed by atoms with Crippen molar-refractivity contribution >= 4 is 11.6 Å². The van der Waals surface area contributed by atoms with Gasteiger partial charge in [0.2, 0.25) is 0 Å². The highest BCUT2D eigenvalue weighted by Gasteiger charge is 2.20. The molecule has 1 saturated carbocycles. The Hall–Kier alpha value is -1.99. The Bertz CT molecular complexity index is 620. The van der Waals surface area contributed by atoms with Crippen LogP contribution in [-0.4, -0.2) is 23.2 Å². The number of hydrogen-bond donors (Lipinski definition) is 3. The number of nitrogens with one attached hydrogen (secondary N) is 1. The third-order valence-electron chi connectivity index (χ3n) is 4.42. The van der Waals surface area contributed by atoms with Gasteiger partial charge < -0.3 is 16.2 Å². The Morgan fingerprint density at radius 3 is 2.67 bits per heavy atom. The van der Waals surface area contributed by atoms with Crippen molar-refractivity contribution in [2.45, 2.75) is 64.5 Å². The molecule has 0 aromatic heterocycles.